The maximum atomic E-state index is 13.7. The Morgan fingerprint density at radius 1 is 1.29 bits per heavy atom. The van der Waals surface area contributed by atoms with E-state index in [1.807, 2.05) is 6.92 Å². The largest absolute Gasteiger partial charge is 0.487 e. The lowest BCUT2D eigenvalue weighted by molar-refractivity contribution is 0.0559. The summed E-state index contributed by atoms with van der Waals surface area (Å²) in [5, 5.41) is 9.84. The monoisotopic (exact) mass is 540 g/mol. The molecule has 38 heavy (non-hydrogen) atoms. The Morgan fingerprint density at radius 3 is 2.74 bits per heavy atom. The fourth-order valence-electron chi connectivity index (χ4n) is 4.99. The Bertz CT molecular complexity index is 1290. The van der Waals surface area contributed by atoms with Crippen molar-refractivity contribution in [2.24, 2.45) is 11.8 Å². The Labute approximate surface area is 225 Å². The molecule has 0 unspecified atom stereocenters. The van der Waals surface area contributed by atoms with Crippen LogP contribution in [0.4, 0.5) is 0 Å². The number of sulfonamides is 1. The summed E-state index contributed by atoms with van der Waals surface area (Å²) in [4.78, 5) is 22.5. The molecule has 0 spiro atoms. The van der Waals surface area contributed by atoms with Crippen LogP contribution in [0.3, 0.4) is 0 Å². The van der Waals surface area contributed by atoms with Crippen LogP contribution >= 0.6 is 0 Å². The molecule has 1 aliphatic carbocycles. The molecule has 1 amide bonds. The first-order valence-corrected chi connectivity index (χ1v) is 14.6. The van der Waals surface area contributed by atoms with Crippen molar-refractivity contribution < 1.29 is 23.1 Å². The molecule has 1 saturated carbocycles. The molecular weight excluding hydrogens is 504 g/mol. The Morgan fingerprint density at radius 2 is 2.05 bits per heavy atom. The summed E-state index contributed by atoms with van der Waals surface area (Å²) in [6, 6.07) is 4.28. The number of ether oxygens (including phenoxy) is 1. The van der Waals surface area contributed by atoms with Gasteiger partial charge in [-0.15, -0.1) is 0 Å². The lowest BCUT2D eigenvalue weighted by Crippen LogP contribution is -2.50. The second kappa shape index (κ2) is 12.2. The zero-order valence-electron chi connectivity index (χ0n) is 22.2. The first kappa shape index (κ1) is 28.0. The van der Waals surface area contributed by atoms with E-state index >= 15 is 0 Å². The zero-order chi connectivity index (χ0) is 27.3. The summed E-state index contributed by atoms with van der Waals surface area (Å²) in [6.07, 6.45) is 9.60. The van der Waals surface area contributed by atoms with Crippen LogP contribution < -0.4 is 4.74 Å². The van der Waals surface area contributed by atoms with Gasteiger partial charge in [0.25, 0.3) is 5.91 Å². The topological polar surface area (TPSA) is 113 Å². The molecule has 0 bridgehead atoms. The van der Waals surface area contributed by atoms with Crippen LogP contribution in [0.1, 0.15) is 62.0 Å². The molecule has 1 aliphatic heterocycles. The molecule has 3 atom stereocenters. The third kappa shape index (κ3) is 6.34. The van der Waals surface area contributed by atoms with E-state index in [2.05, 4.69) is 21.8 Å². The summed E-state index contributed by atoms with van der Waals surface area (Å²) >= 11 is 0. The molecule has 2 aliphatic rings. The quantitative estimate of drug-likeness (QED) is 0.561. The number of carbonyl (C=O) groups is 1. The van der Waals surface area contributed by atoms with E-state index in [4.69, 9.17) is 4.74 Å². The van der Waals surface area contributed by atoms with Gasteiger partial charge in [0.05, 0.1) is 19.3 Å². The molecule has 2 heterocycles. The van der Waals surface area contributed by atoms with Crippen LogP contribution in [0.2, 0.25) is 0 Å². The average Bonchev–Trinajstić information content (AvgIpc) is 3.43. The lowest BCUT2D eigenvalue weighted by Gasteiger charge is -2.37. The molecule has 0 saturated heterocycles. The highest BCUT2D eigenvalue weighted by atomic mass is 32.2. The molecule has 1 aromatic carbocycles. The van der Waals surface area contributed by atoms with Crippen molar-refractivity contribution in [2.75, 3.05) is 26.7 Å². The van der Waals surface area contributed by atoms with Crippen LogP contribution in [-0.4, -0.2) is 77.5 Å². The van der Waals surface area contributed by atoms with Gasteiger partial charge in [-0.1, -0.05) is 31.6 Å². The molecule has 9 nitrogen and oxygen atoms in total. The van der Waals surface area contributed by atoms with Gasteiger partial charge < -0.3 is 14.7 Å². The van der Waals surface area contributed by atoms with E-state index in [1.165, 1.54) is 59.5 Å². The van der Waals surface area contributed by atoms with Crippen molar-refractivity contribution in [1.29, 1.82) is 0 Å². The van der Waals surface area contributed by atoms with Crippen molar-refractivity contribution >= 4 is 15.9 Å². The van der Waals surface area contributed by atoms with Crippen LogP contribution in [0.25, 0.3) is 0 Å². The van der Waals surface area contributed by atoms with Gasteiger partial charge in [0.15, 0.2) is 0 Å². The number of benzene rings is 1. The second-order valence-corrected chi connectivity index (χ2v) is 12.2. The predicted molar refractivity (Wildman–Crippen MR) is 143 cm³/mol. The minimum absolute atomic E-state index is 0.0268. The number of fused-ring (bicyclic) bond motifs is 1. The van der Waals surface area contributed by atoms with Gasteiger partial charge in [-0.2, -0.15) is 4.31 Å². The van der Waals surface area contributed by atoms with E-state index in [-0.39, 0.29) is 47.9 Å². The number of carbonyl (C=O) groups excluding carboxylic acids is 1. The highest BCUT2D eigenvalue weighted by Gasteiger charge is 2.38. The fraction of sp³-hybridized carbons (Fsp3) is 0.536. The molecule has 10 heteroatoms. The summed E-state index contributed by atoms with van der Waals surface area (Å²) in [7, 11) is -2.29. The highest BCUT2D eigenvalue weighted by Crippen LogP contribution is 2.34. The van der Waals surface area contributed by atoms with Gasteiger partial charge in [-0.05, 0) is 43.9 Å². The first-order chi connectivity index (χ1) is 18.2. The molecule has 0 radical (unpaired) electrons. The summed E-state index contributed by atoms with van der Waals surface area (Å²) in [5.74, 6) is 6.66. The number of aliphatic hydroxyl groups is 1. The smallest absolute Gasteiger partial charge is 0.273 e. The van der Waals surface area contributed by atoms with Gasteiger partial charge in [0.2, 0.25) is 10.0 Å². The van der Waals surface area contributed by atoms with Gasteiger partial charge in [-0.25, -0.2) is 13.4 Å². The van der Waals surface area contributed by atoms with Crippen LogP contribution in [-0.2, 0) is 10.0 Å². The SMILES string of the molecule is C[C@@H]1CN([C@@H](C)CO)S(=O)(=O)c2ccc(C#CCC3CCCC3)cc2O[C@@H]1CN(C)C(=O)c1cnccn1. The van der Waals surface area contributed by atoms with Gasteiger partial charge in [-0.3, -0.25) is 9.78 Å². The van der Waals surface area contributed by atoms with E-state index in [0.717, 1.165) is 6.42 Å². The minimum atomic E-state index is -3.95. The van der Waals surface area contributed by atoms with Crippen molar-refractivity contribution in [3.8, 4) is 17.6 Å². The number of hydrogen-bond donors (Lipinski definition) is 1. The standard InChI is InChI=1S/C28H36N4O5S/c1-20-17-32(21(2)19-33)38(35,36)27-12-11-23(10-6-9-22-7-4-5-8-22)15-25(27)37-26(20)18-31(3)28(34)24-16-29-13-14-30-24/h11-16,20-22,26,33H,4-5,7-9,17-19H2,1-3H3/t20-,21+,26-/m1/s1. The number of nitrogens with zero attached hydrogens (tertiary/aromatic N) is 4. The maximum Gasteiger partial charge on any atom is 0.273 e. The molecule has 1 fully saturated rings. The van der Waals surface area contributed by atoms with E-state index in [0.29, 0.717) is 11.5 Å². The molecule has 2 aromatic rings. The average molecular weight is 541 g/mol. The highest BCUT2D eigenvalue weighted by molar-refractivity contribution is 7.89. The lowest BCUT2D eigenvalue weighted by atomic mass is 10.0. The summed E-state index contributed by atoms with van der Waals surface area (Å²) in [5.41, 5.74) is 0.890. The zero-order valence-corrected chi connectivity index (χ0v) is 23.0. The van der Waals surface area contributed by atoms with Gasteiger partial charge >= 0.3 is 0 Å². The Kier molecular flexibility index (Phi) is 9.03. The van der Waals surface area contributed by atoms with Crippen molar-refractivity contribution in [1.82, 2.24) is 19.2 Å². The van der Waals surface area contributed by atoms with Crippen molar-refractivity contribution in [2.45, 2.75) is 63.0 Å². The number of rotatable bonds is 6. The molecular formula is C28H36N4O5S. The summed E-state index contributed by atoms with van der Waals surface area (Å²) in [6.45, 7) is 3.57. The number of amides is 1. The summed E-state index contributed by atoms with van der Waals surface area (Å²) < 4.78 is 35.0. The number of likely N-dealkylation sites (N-methyl/N-ethyl adjacent to an activating group) is 1. The molecule has 204 valence electrons. The van der Waals surface area contributed by atoms with Crippen LogP contribution in [0.5, 0.6) is 5.75 Å². The normalized spacial score (nSPS) is 22.2. The predicted octanol–water partition coefficient (Wildman–Crippen LogP) is 2.95. The van der Waals surface area contributed by atoms with E-state index < -0.39 is 22.2 Å². The number of hydrogen-bond acceptors (Lipinski definition) is 7. The van der Waals surface area contributed by atoms with E-state index in [1.54, 1.807) is 26.1 Å². The molecule has 4 rings (SSSR count). The first-order valence-electron chi connectivity index (χ1n) is 13.1. The van der Waals surface area contributed by atoms with Crippen LogP contribution in [0.15, 0.2) is 41.7 Å². The van der Waals surface area contributed by atoms with E-state index in [9.17, 15) is 18.3 Å². The second-order valence-electron chi connectivity index (χ2n) is 10.3. The number of aromatic nitrogens is 2. The molecule has 1 N–H and O–H groups in total. The molecule has 1 aromatic heterocycles. The third-order valence-corrected chi connectivity index (χ3v) is 9.37. The van der Waals surface area contributed by atoms with Gasteiger partial charge in [0, 0.05) is 49.9 Å². The van der Waals surface area contributed by atoms with Crippen molar-refractivity contribution in [3.63, 3.8) is 0 Å². The Balaban J connectivity index is 1.66. The minimum Gasteiger partial charge on any atom is -0.487 e. The fourth-order valence-corrected chi connectivity index (χ4v) is 6.82. The maximum absolute atomic E-state index is 13.7. The number of aliphatic hydroxyl groups excluding tert-OH is 1. The third-order valence-electron chi connectivity index (χ3n) is 7.35. The Hall–Kier alpha value is -3.00. The van der Waals surface area contributed by atoms with Crippen LogP contribution in [0, 0.1) is 23.7 Å². The van der Waals surface area contributed by atoms with Gasteiger partial charge in [0.1, 0.15) is 22.4 Å². The van der Waals surface area contributed by atoms with Crippen molar-refractivity contribution in [3.05, 3.63) is 48.0 Å².